The van der Waals surface area contributed by atoms with Crippen LogP contribution in [0.1, 0.15) is 17.6 Å². The summed E-state index contributed by atoms with van der Waals surface area (Å²) < 4.78 is 5.29. The maximum absolute atomic E-state index is 5.29. The van der Waals surface area contributed by atoms with Gasteiger partial charge in [0.25, 0.3) is 0 Å². The molecule has 0 saturated carbocycles. The highest BCUT2D eigenvalue weighted by Crippen LogP contribution is 2.18. The summed E-state index contributed by atoms with van der Waals surface area (Å²) in [6.07, 6.45) is 5.39. The van der Waals surface area contributed by atoms with Crippen molar-refractivity contribution < 1.29 is 4.74 Å². The SMILES string of the molecule is COCC(c1ccccn1)N(C)Cc1ncc[nH]1. The molecule has 0 aliphatic carbocycles. The smallest absolute Gasteiger partial charge is 0.120 e. The molecule has 0 bridgehead atoms. The average Bonchev–Trinajstić information content (AvgIpc) is 2.89. The largest absolute Gasteiger partial charge is 0.383 e. The lowest BCUT2D eigenvalue weighted by Gasteiger charge is -2.26. The number of nitrogens with one attached hydrogen (secondary N) is 1. The van der Waals surface area contributed by atoms with Gasteiger partial charge in [-0.15, -0.1) is 0 Å². The molecular weight excluding hydrogens is 228 g/mol. The van der Waals surface area contributed by atoms with Crippen LogP contribution in [0.2, 0.25) is 0 Å². The zero-order valence-electron chi connectivity index (χ0n) is 10.7. The number of rotatable bonds is 6. The second kappa shape index (κ2) is 6.28. The number of aromatic nitrogens is 3. The number of nitrogens with zero attached hydrogens (tertiary/aromatic N) is 3. The lowest BCUT2D eigenvalue weighted by atomic mass is 10.1. The summed E-state index contributed by atoms with van der Waals surface area (Å²) in [6, 6.07) is 6.05. The Labute approximate surface area is 107 Å². The number of pyridine rings is 1. The highest BCUT2D eigenvalue weighted by Gasteiger charge is 2.18. The molecular formula is C13H18N4O. The Bertz CT molecular complexity index is 443. The monoisotopic (exact) mass is 246 g/mol. The van der Waals surface area contributed by atoms with Crippen molar-refractivity contribution in [1.29, 1.82) is 0 Å². The molecule has 5 heteroatoms. The Kier molecular flexibility index (Phi) is 4.44. The summed E-state index contributed by atoms with van der Waals surface area (Å²) in [5.74, 6) is 0.939. The molecule has 0 saturated heterocycles. The topological polar surface area (TPSA) is 54.0 Å². The van der Waals surface area contributed by atoms with Crippen molar-refractivity contribution in [2.24, 2.45) is 0 Å². The van der Waals surface area contributed by atoms with E-state index in [4.69, 9.17) is 4.74 Å². The summed E-state index contributed by atoms with van der Waals surface area (Å²) in [7, 11) is 3.75. The van der Waals surface area contributed by atoms with Crippen LogP contribution in [0.25, 0.3) is 0 Å². The van der Waals surface area contributed by atoms with Gasteiger partial charge >= 0.3 is 0 Å². The summed E-state index contributed by atoms with van der Waals surface area (Å²) in [4.78, 5) is 13.9. The van der Waals surface area contributed by atoms with Crippen LogP contribution in [-0.2, 0) is 11.3 Å². The summed E-state index contributed by atoms with van der Waals surface area (Å²) in [6.45, 7) is 1.34. The van der Waals surface area contributed by atoms with E-state index in [2.05, 4.69) is 19.9 Å². The number of hydrogen-bond acceptors (Lipinski definition) is 4. The Morgan fingerprint density at radius 3 is 2.83 bits per heavy atom. The summed E-state index contributed by atoms with van der Waals surface area (Å²) in [5, 5.41) is 0. The van der Waals surface area contributed by atoms with E-state index in [1.165, 1.54) is 0 Å². The van der Waals surface area contributed by atoms with Crippen LogP contribution in [-0.4, -0.2) is 40.6 Å². The van der Waals surface area contributed by atoms with E-state index in [1.807, 2.05) is 31.4 Å². The molecule has 1 N–H and O–H groups in total. The quantitative estimate of drug-likeness (QED) is 0.841. The van der Waals surface area contributed by atoms with E-state index in [0.29, 0.717) is 6.61 Å². The first-order chi connectivity index (χ1) is 8.81. The lowest BCUT2D eigenvalue weighted by molar-refractivity contribution is 0.0986. The van der Waals surface area contributed by atoms with Gasteiger partial charge < -0.3 is 9.72 Å². The number of methoxy groups -OCH3 is 1. The number of imidazole rings is 1. The number of aromatic amines is 1. The van der Waals surface area contributed by atoms with Crippen molar-refractivity contribution in [1.82, 2.24) is 19.9 Å². The molecule has 2 aromatic heterocycles. The van der Waals surface area contributed by atoms with Gasteiger partial charge in [-0.05, 0) is 19.2 Å². The fraction of sp³-hybridized carbons (Fsp3) is 0.385. The number of H-pyrrole nitrogens is 1. The van der Waals surface area contributed by atoms with E-state index in [1.54, 1.807) is 19.5 Å². The normalized spacial score (nSPS) is 12.8. The van der Waals surface area contributed by atoms with E-state index < -0.39 is 0 Å². The van der Waals surface area contributed by atoms with Crippen molar-refractivity contribution in [2.75, 3.05) is 20.8 Å². The molecule has 1 unspecified atom stereocenters. The van der Waals surface area contributed by atoms with Crippen LogP contribution < -0.4 is 0 Å². The number of likely N-dealkylation sites (N-methyl/N-ethyl adjacent to an activating group) is 1. The summed E-state index contributed by atoms with van der Waals surface area (Å²) in [5.41, 5.74) is 1.01. The van der Waals surface area contributed by atoms with E-state index in [-0.39, 0.29) is 6.04 Å². The molecule has 0 amide bonds. The molecule has 0 radical (unpaired) electrons. The number of hydrogen-bond donors (Lipinski definition) is 1. The zero-order valence-corrected chi connectivity index (χ0v) is 10.7. The van der Waals surface area contributed by atoms with Crippen molar-refractivity contribution >= 4 is 0 Å². The van der Waals surface area contributed by atoms with Gasteiger partial charge in [0.15, 0.2) is 0 Å². The third kappa shape index (κ3) is 3.15. The van der Waals surface area contributed by atoms with Gasteiger partial charge in [0, 0.05) is 25.7 Å². The number of ether oxygens (including phenoxy) is 1. The molecule has 96 valence electrons. The fourth-order valence-electron chi connectivity index (χ4n) is 1.90. The van der Waals surface area contributed by atoms with Gasteiger partial charge in [0.2, 0.25) is 0 Å². The maximum Gasteiger partial charge on any atom is 0.120 e. The van der Waals surface area contributed by atoms with Crippen LogP contribution in [0.3, 0.4) is 0 Å². The molecule has 18 heavy (non-hydrogen) atoms. The first-order valence-electron chi connectivity index (χ1n) is 5.89. The highest BCUT2D eigenvalue weighted by atomic mass is 16.5. The first kappa shape index (κ1) is 12.7. The second-order valence-electron chi connectivity index (χ2n) is 4.18. The highest BCUT2D eigenvalue weighted by molar-refractivity contribution is 5.09. The molecule has 5 nitrogen and oxygen atoms in total. The molecule has 2 aromatic rings. The van der Waals surface area contributed by atoms with Crippen LogP contribution >= 0.6 is 0 Å². The standard InChI is InChI=1S/C13H18N4O/c1-17(9-13-15-7-8-16-13)12(10-18-2)11-5-3-4-6-14-11/h3-8,12H,9-10H2,1-2H3,(H,15,16). The van der Waals surface area contributed by atoms with Crippen molar-refractivity contribution in [3.63, 3.8) is 0 Å². The fourth-order valence-corrected chi connectivity index (χ4v) is 1.90. The molecule has 0 aliphatic rings. The van der Waals surface area contributed by atoms with Gasteiger partial charge in [-0.2, -0.15) is 0 Å². The van der Waals surface area contributed by atoms with Gasteiger partial charge in [0.1, 0.15) is 5.82 Å². The van der Waals surface area contributed by atoms with E-state index in [0.717, 1.165) is 18.1 Å². The Balaban J connectivity index is 2.09. The third-order valence-electron chi connectivity index (χ3n) is 2.84. The van der Waals surface area contributed by atoms with Crippen LogP contribution in [0.4, 0.5) is 0 Å². The van der Waals surface area contributed by atoms with Crippen LogP contribution in [0, 0.1) is 0 Å². The first-order valence-corrected chi connectivity index (χ1v) is 5.89. The van der Waals surface area contributed by atoms with Gasteiger partial charge in [-0.1, -0.05) is 6.07 Å². The van der Waals surface area contributed by atoms with Crippen molar-refractivity contribution in [3.8, 4) is 0 Å². The Hall–Kier alpha value is -1.72. The predicted molar refractivity (Wildman–Crippen MR) is 68.9 cm³/mol. The predicted octanol–water partition coefficient (Wildman–Crippen LogP) is 1.62. The summed E-state index contributed by atoms with van der Waals surface area (Å²) >= 11 is 0. The average molecular weight is 246 g/mol. The van der Waals surface area contributed by atoms with Crippen molar-refractivity contribution in [3.05, 3.63) is 48.3 Å². The minimum atomic E-state index is 0.126. The van der Waals surface area contributed by atoms with Gasteiger partial charge in [-0.3, -0.25) is 9.88 Å². The van der Waals surface area contributed by atoms with Gasteiger partial charge in [0.05, 0.1) is 24.9 Å². The molecule has 0 aliphatic heterocycles. The minimum absolute atomic E-state index is 0.126. The molecule has 0 fully saturated rings. The Morgan fingerprint density at radius 2 is 2.22 bits per heavy atom. The lowest BCUT2D eigenvalue weighted by Crippen LogP contribution is -2.28. The third-order valence-corrected chi connectivity index (χ3v) is 2.84. The Morgan fingerprint density at radius 1 is 1.33 bits per heavy atom. The molecule has 0 aromatic carbocycles. The van der Waals surface area contributed by atoms with Crippen LogP contribution in [0.5, 0.6) is 0 Å². The van der Waals surface area contributed by atoms with E-state index in [9.17, 15) is 0 Å². The second-order valence-corrected chi connectivity index (χ2v) is 4.18. The van der Waals surface area contributed by atoms with E-state index >= 15 is 0 Å². The molecule has 2 rings (SSSR count). The van der Waals surface area contributed by atoms with Crippen LogP contribution in [0.15, 0.2) is 36.8 Å². The van der Waals surface area contributed by atoms with Crippen molar-refractivity contribution in [2.45, 2.75) is 12.6 Å². The minimum Gasteiger partial charge on any atom is -0.383 e. The zero-order chi connectivity index (χ0) is 12.8. The maximum atomic E-state index is 5.29. The molecule has 0 spiro atoms. The molecule has 2 heterocycles. The molecule has 1 atom stereocenters. The van der Waals surface area contributed by atoms with Gasteiger partial charge in [-0.25, -0.2) is 4.98 Å².